The molecule has 32 heavy (non-hydrogen) atoms. The van der Waals surface area contributed by atoms with E-state index in [1.807, 2.05) is 48.7 Å². The molecule has 2 aliphatic heterocycles. The summed E-state index contributed by atoms with van der Waals surface area (Å²) >= 11 is 1.89. The third-order valence-electron chi connectivity index (χ3n) is 6.03. The number of benzene rings is 1. The average molecular weight is 571 g/mol. The smallest absolute Gasteiger partial charge is 0.193 e. The largest absolute Gasteiger partial charge is 0.490 e. The Bertz CT molecular complexity index is 834. The number of guanidine groups is 1. The van der Waals surface area contributed by atoms with Crippen molar-refractivity contribution in [1.29, 1.82) is 0 Å². The van der Waals surface area contributed by atoms with Gasteiger partial charge in [0.1, 0.15) is 11.9 Å². The van der Waals surface area contributed by atoms with Gasteiger partial charge in [-0.05, 0) is 31.2 Å². The monoisotopic (exact) mass is 570 g/mol. The van der Waals surface area contributed by atoms with Gasteiger partial charge in [-0.1, -0.05) is 18.2 Å². The second-order valence-corrected chi connectivity index (χ2v) is 9.48. The number of para-hydroxylation sites is 1. The van der Waals surface area contributed by atoms with Gasteiger partial charge in [-0.25, -0.2) is 0 Å². The number of hydrogen-bond donors (Lipinski definition) is 1. The molecule has 8 heteroatoms. The lowest BCUT2D eigenvalue weighted by Crippen LogP contribution is -2.50. The molecule has 0 aliphatic carbocycles. The Morgan fingerprint density at radius 1 is 1.12 bits per heavy atom. The molecule has 3 heterocycles. The minimum Gasteiger partial charge on any atom is -0.490 e. The van der Waals surface area contributed by atoms with Crippen LogP contribution in [-0.4, -0.2) is 74.8 Å². The summed E-state index contributed by atoms with van der Waals surface area (Å²) in [7, 11) is 1.88. The fraction of sp³-hybridized carbons (Fsp3) is 0.542. The first-order valence-electron chi connectivity index (χ1n) is 11.3. The van der Waals surface area contributed by atoms with Gasteiger partial charge in [-0.2, -0.15) is 0 Å². The normalized spacial score (nSPS) is 19.3. The third kappa shape index (κ3) is 6.82. The van der Waals surface area contributed by atoms with Crippen LogP contribution in [0.3, 0.4) is 0 Å². The molecule has 0 radical (unpaired) electrons. The molecule has 4 rings (SSSR count). The van der Waals surface area contributed by atoms with Crippen LogP contribution in [0.2, 0.25) is 0 Å². The highest BCUT2D eigenvalue weighted by Gasteiger charge is 2.26. The highest BCUT2D eigenvalue weighted by molar-refractivity contribution is 14.0. The van der Waals surface area contributed by atoms with Crippen LogP contribution in [0.15, 0.2) is 47.5 Å². The van der Waals surface area contributed by atoms with Crippen molar-refractivity contribution in [3.63, 3.8) is 0 Å². The first kappa shape index (κ1) is 25.3. The number of piperidine rings is 1. The van der Waals surface area contributed by atoms with Gasteiger partial charge in [-0.15, -0.1) is 35.3 Å². The minimum absolute atomic E-state index is 0. The molecule has 6 nitrogen and oxygen atoms in total. The number of nitrogens with zero attached hydrogens (tertiary/aromatic N) is 3. The quantitative estimate of drug-likeness (QED) is 0.321. The fourth-order valence-corrected chi connectivity index (χ4v) is 5.34. The zero-order chi connectivity index (χ0) is 21.5. The molecule has 2 aromatic rings. The topological polar surface area (TPSA) is 49.3 Å². The summed E-state index contributed by atoms with van der Waals surface area (Å²) in [6.45, 7) is 8.52. The average Bonchev–Trinajstić information content (AvgIpc) is 3.25. The van der Waals surface area contributed by atoms with E-state index in [2.05, 4.69) is 39.2 Å². The van der Waals surface area contributed by atoms with Crippen molar-refractivity contribution in [2.45, 2.75) is 31.9 Å². The van der Waals surface area contributed by atoms with Crippen molar-refractivity contribution in [2.24, 2.45) is 4.99 Å². The van der Waals surface area contributed by atoms with Crippen molar-refractivity contribution in [3.05, 3.63) is 52.2 Å². The molecule has 2 saturated heterocycles. The zero-order valence-electron chi connectivity index (χ0n) is 19.0. The van der Waals surface area contributed by atoms with Gasteiger partial charge in [0.25, 0.3) is 0 Å². The Hall–Kier alpha value is -1.36. The van der Waals surface area contributed by atoms with Gasteiger partial charge in [0.15, 0.2) is 5.96 Å². The van der Waals surface area contributed by atoms with Gasteiger partial charge in [0.05, 0.1) is 19.3 Å². The van der Waals surface area contributed by atoms with Crippen molar-refractivity contribution in [1.82, 2.24) is 15.1 Å². The van der Waals surface area contributed by atoms with Gasteiger partial charge >= 0.3 is 0 Å². The number of hydrogen-bond acceptors (Lipinski definition) is 5. The van der Waals surface area contributed by atoms with Gasteiger partial charge in [0.2, 0.25) is 0 Å². The van der Waals surface area contributed by atoms with Crippen molar-refractivity contribution in [2.75, 3.05) is 53.0 Å². The molecule has 1 atom stereocenters. The maximum Gasteiger partial charge on any atom is 0.193 e. The van der Waals surface area contributed by atoms with Gasteiger partial charge in [-0.3, -0.25) is 9.89 Å². The molecule has 0 amide bonds. The Balaban J connectivity index is 0.00000289. The summed E-state index contributed by atoms with van der Waals surface area (Å²) in [5, 5.41) is 3.67. The van der Waals surface area contributed by atoms with Gasteiger partial charge in [0, 0.05) is 62.4 Å². The molecule has 1 aromatic heterocycles. The summed E-state index contributed by atoms with van der Waals surface area (Å²) in [6.07, 6.45) is 2.28. The van der Waals surface area contributed by atoms with E-state index in [-0.39, 0.29) is 30.1 Å². The fourth-order valence-electron chi connectivity index (χ4n) is 4.33. The lowest BCUT2D eigenvalue weighted by atomic mass is 10.1. The van der Waals surface area contributed by atoms with E-state index in [1.165, 1.54) is 9.75 Å². The second kappa shape index (κ2) is 12.8. The lowest BCUT2D eigenvalue weighted by molar-refractivity contribution is 0.0175. The molecular formula is C24H35IN4O2S. The van der Waals surface area contributed by atoms with E-state index in [1.54, 1.807) is 0 Å². The molecular weight excluding hydrogens is 535 g/mol. The molecule has 1 unspecified atom stereocenters. The molecule has 1 N–H and O–H groups in total. The zero-order valence-corrected chi connectivity index (χ0v) is 22.2. The first-order valence-corrected chi connectivity index (χ1v) is 12.1. The molecule has 0 bridgehead atoms. The van der Waals surface area contributed by atoms with E-state index in [9.17, 15) is 0 Å². The summed E-state index contributed by atoms with van der Waals surface area (Å²) in [5.41, 5.74) is 0. The highest BCUT2D eigenvalue weighted by Crippen LogP contribution is 2.28. The Kier molecular flexibility index (Phi) is 10.1. The number of morpholine rings is 1. The number of rotatable bonds is 6. The SMILES string of the molecule is CN=C(NCC(c1ccc(C)s1)N1CCOCC1)N1CCC(Oc2ccccc2)CC1.I. The number of thiophene rings is 1. The van der Waals surface area contributed by atoms with Crippen LogP contribution in [0.5, 0.6) is 5.75 Å². The maximum atomic E-state index is 6.15. The standard InChI is InChI=1S/C24H34N4O2S.HI/c1-19-8-9-23(31-19)22(27-14-16-29-17-15-27)18-26-24(25-2)28-12-10-21(11-13-28)30-20-6-4-3-5-7-20;/h3-9,21-22H,10-18H2,1-2H3,(H,25,26);1H. The minimum atomic E-state index is 0. The van der Waals surface area contributed by atoms with Crippen LogP contribution in [0.1, 0.15) is 28.6 Å². The van der Waals surface area contributed by atoms with E-state index >= 15 is 0 Å². The highest BCUT2D eigenvalue weighted by atomic mass is 127. The van der Waals surface area contributed by atoms with Crippen LogP contribution >= 0.6 is 35.3 Å². The van der Waals surface area contributed by atoms with Crippen molar-refractivity contribution >= 4 is 41.3 Å². The predicted molar refractivity (Wildman–Crippen MR) is 143 cm³/mol. The molecule has 1 aromatic carbocycles. The number of ether oxygens (including phenoxy) is 2. The van der Waals surface area contributed by atoms with Crippen LogP contribution in [-0.2, 0) is 4.74 Å². The van der Waals surface area contributed by atoms with E-state index < -0.39 is 0 Å². The van der Waals surface area contributed by atoms with Crippen LogP contribution in [0, 0.1) is 6.92 Å². The lowest BCUT2D eigenvalue weighted by Gasteiger charge is -2.37. The number of halogens is 1. The predicted octanol–water partition coefficient (Wildman–Crippen LogP) is 4.17. The van der Waals surface area contributed by atoms with Crippen LogP contribution in [0.25, 0.3) is 0 Å². The summed E-state index contributed by atoms with van der Waals surface area (Å²) in [4.78, 5) is 12.3. The molecule has 0 saturated carbocycles. The number of likely N-dealkylation sites (tertiary alicyclic amines) is 1. The number of nitrogens with one attached hydrogen (secondary N) is 1. The summed E-state index contributed by atoms with van der Waals surface area (Å²) < 4.78 is 11.7. The van der Waals surface area contributed by atoms with E-state index in [0.29, 0.717) is 6.04 Å². The molecule has 0 spiro atoms. The Morgan fingerprint density at radius 3 is 2.47 bits per heavy atom. The van der Waals surface area contributed by atoms with Crippen molar-refractivity contribution < 1.29 is 9.47 Å². The maximum absolute atomic E-state index is 6.15. The summed E-state index contributed by atoms with van der Waals surface area (Å²) in [6, 6.07) is 15.0. The second-order valence-electron chi connectivity index (χ2n) is 8.16. The number of aliphatic imine (C=N–C) groups is 1. The van der Waals surface area contributed by atoms with Crippen LogP contribution < -0.4 is 10.1 Å². The van der Waals surface area contributed by atoms with E-state index in [4.69, 9.17) is 9.47 Å². The van der Waals surface area contributed by atoms with Crippen LogP contribution in [0.4, 0.5) is 0 Å². The van der Waals surface area contributed by atoms with Crippen molar-refractivity contribution in [3.8, 4) is 5.75 Å². The molecule has 2 aliphatic rings. The molecule has 2 fully saturated rings. The molecule has 176 valence electrons. The van der Waals surface area contributed by atoms with E-state index in [0.717, 1.165) is 70.5 Å². The summed E-state index contributed by atoms with van der Waals surface area (Å²) in [5.74, 6) is 1.95. The third-order valence-corrected chi connectivity index (χ3v) is 7.13. The Labute approximate surface area is 213 Å². The first-order chi connectivity index (χ1) is 15.2. The van der Waals surface area contributed by atoms with Gasteiger partial charge < -0.3 is 19.7 Å². The Morgan fingerprint density at radius 2 is 1.84 bits per heavy atom. The number of aryl methyl sites for hydroxylation is 1.